The van der Waals surface area contributed by atoms with Crippen molar-refractivity contribution in [2.45, 2.75) is 38.3 Å². The number of hydrogen-bond donors (Lipinski definition) is 2. The van der Waals surface area contributed by atoms with E-state index in [-0.39, 0.29) is 11.9 Å². The Bertz CT molecular complexity index is 1460. The molecule has 9 nitrogen and oxygen atoms in total. The van der Waals surface area contributed by atoms with E-state index in [4.69, 9.17) is 0 Å². The Labute approximate surface area is 240 Å². The number of amides is 3. The number of pyridine rings is 1. The van der Waals surface area contributed by atoms with Crippen molar-refractivity contribution in [3.05, 3.63) is 96.4 Å². The molecule has 41 heavy (non-hydrogen) atoms. The minimum Gasteiger partial charge on any atom is -0.338 e. The van der Waals surface area contributed by atoms with Crippen molar-refractivity contribution in [1.82, 2.24) is 29.9 Å². The highest BCUT2D eigenvalue weighted by Gasteiger charge is 2.31. The highest BCUT2D eigenvalue weighted by atomic mass is 16.2. The number of benzene rings is 2. The first-order valence-electron chi connectivity index (χ1n) is 14.4. The molecular formula is C32H35N7O2. The maximum Gasteiger partial charge on any atom is 0.319 e. The molecule has 2 aliphatic rings. The number of nitrogens with zero attached hydrogens (tertiary/aromatic N) is 5. The van der Waals surface area contributed by atoms with Crippen LogP contribution >= 0.6 is 0 Å². The quantitative estimate of drug-likeness (QED) is 0.340. The van der Waals surface area contributed by atoms with Crippen molar-refractivity contribution >= 4 is 17.6 Å². The smallest absolute Gasteiger partial charge is 0.319 e. The molecule has 0 bridgehead atoms. The summed E-state index contributed by atoms with van der Waals surface area (Å²) < 4.78 is 1.81. The predicted molar refractivity (Wildman–Crippen MR) is 159 cm³/mol. The summed E-state index contributed by atoms with van der Waals surface area (Å²) in [6.45, 7) is 4.30. The van der Waals surface area contributed by atoms with Crippen LogP contribution in [0, 0.1) is 0 Å². The third-order valence-electron chi connectivity index (χ3n) is 8.00. The summed E-state index contributed by atoms with van der Waals surface area (Å²) >= 11 is 0. The van der Waals surface area contributed by atoms with Crippen LogP contribution in [-0.4, -0.2) is 68.7 Å². The summed E-state index contributed by atoms with van der Waals surface area (Å²) in [6.07, 6.45) is 9.72. The third-order valence-corrected chi connectivity index (χ3v) is 8.00. The van der Waals surface area contributed by atoms with Crippen LogP contribution in [0.25, 0.3) is 16.9 Å². The number of rotatable bonds is 7. The van der Waals surface area contributed by atoms with Crippen LogP contribution in [0.3, 0.4) is 0 Å². The SMILES string of the molecule is O=C(NCc1cccnc1)Nc1ccc(-n2ncc(C(=O)N3CCC(N4CCCC4)CC3)c2-c2ccccc2)cc1. The summed E-state index contributed by atoms with van der Waals surface area (Å²) in [4.78, 5) is 34.8. The van der Waals surface area contributed by atoms with Crippen LogP contribution in [0.2, 0.25) is 0 Å². The zero-order valence-electron chi connectivity index (χ0n) is 23.1. The Kier molecular flexibility index (Phi) is 8.04. The fourth-order valence-electron chi connectivity index (χ4n) is 5.83. The molecule has 9 heteroatoms. The Hall–Kier alpha value is -4.50. The lowest BCUT2D eigenvalue weighted by atomic mass is 10.0. The molecular weight excluding hydrogens is 514 g/mol. The maximum atomic E-state index is 13.8. The summed E-state index contributed by atoms with van der Waals surface area (Å²) in [7, 11) is 0. The summed E-state index contributed by atoms with van der Waals surface area (Å²) in [5.41, 5.74) is 4.68. The number of carbonyl (C=O) groups excluding carboxylic acids is 2. The van der Waals surface area contributed by atoms with Crippen molar-refractivity contribution in [1.29, 1.82) is 0 Å². The van der Waals surface area contributed by atoms with E-state index in [1.165, 1.54) is 25.9 Å². The first kappa shape index (κ1) is 26.7. The minimum absolute atomic E-state index is 0.0264. The molecule has 2 saturated heterocycles. The highest BCUT2D eigenvalue weighted by molar-refractivity contribution is 6.00. The lowest BCUT2D eigenvalue weighted by Gasteiger charge is -2.36. The van der Waals surface area contributed by atoms with Crippen LogP contribution in [0.5, 0.6) is 0 Å². The topological polar surface area (TPSA) is 95.4 Å². The average Bonchev–Trinajstić information content (AvgIpc) is 3.73. The molecule has 0 spiro atoms. The van der Waals surface area contributed by atoms with Crippen molar-refractivity contribution in [2.24, 2.45) is 0 Å². The van der Waals surface area contributed by atoms with Gasteiger partial charge in [-0.05, 0) is 74.7 Å². The molecule has 210 valence electrons. The first-order valence-corrected chi connectivity index (χ1v) is 14.4. The van der Waals surface area contributed by atoms with Gasteiger partial charge in [-0.25, -0.2) is 9.48 Å². The van der Waals surface area contributed by atoms with E-state index in [2.05, 4.69) is 25.6 Å². The lowest BCUT2D eigenvalue weighted by molar-refractivity contribution is 0.0645. The normalized spacial score (nSPS) is 16.0. The predicted octanol–water partition coefficient (Wildman–Crippen LogP) is 4.96. The molecule has 0 atom stereocenters. The molecule has 0 aliphatic carbocycles. The van der Waals surface area contributed by atoms with Gasteiger partial charge in [0.25, 0.3) is 5.91 Å². The fraction of sp³-hybridized carbons (Fsp3) is 0.312. The number of urea groups is 1. The number of likely N-dealkylation sites (tertiary alicyclic amines) is 2. The number of anilines is 1. The van der Waals surface area contributed by atoms with Gasteiger partial charge < -0.3 is 20.4 Å². The van der Waals surface area contributed by atoms with Gasteiger partial charge in [-0.2, -0.15) is 5.10 Å². The van der Waals surface area contributed by atoms with Gasteiger partial charge in [-0.3, -0.25) is 9.78 Å². The Balaban J connectivity index is 1.17. The van der Waals surface area contributed by atoms with E-state index in [0.29, 0.717) is 23.8 Å². The molecule has 3 amide bonds. The zero-order valence-corrected chi connectivity index (χ0v) is 23.1. The maximum absolute atomic E-state index is 13.8. The second-order valence-corrected chi connectivity index (χ2v) is 10.7. The molecule has 2 N–H and O–H groups in total. The summed E-state index contributed by atoms with van der Waals surface area (Å²) in [5, 5.41) is 10.4. The van der Waals surface area contributed by atoms with E-state index in [0.717, 1.165) is 48.4 Å². The van der Waals surface area contributed by atoms with Gasteiger partial charge in [-0.1, -0.05) is 36.4 Å². The number of nitrogens with one attached hydrogen (secondary N) is 2. The third kappa shape index (κ3) is 6.15. The highest BCUT2D eigenvalue weighted by Crippen LogP contribution is 2.30. The molecule has 4 heterocycles. The summed E-state index contributed by atoms with van der Waals surface area (Å²) in [5.74, 6) is 0.0264. The van der Waals surface area contributed by atoms with Crippen LogP contribution in [-0.2, 0) is 6.54 Å². The largest absolute Gasteiger partial charge is 0.338 e. The number of hydrogen-bond acceptors (Lipinski definition) is 5. The van der Waals surface area contributed by atoms with Crippen molar-refractivity contribution in [3.63, 3.8) is 0 Å². The van der Waals surface area contributed by atoms with Gasteiger partial charge in [0.2, 0.25) is 0 Å². The molecule has 2 aliphatic heterocycles. The van der Waals surface area contributed by atoms with E-state index in [1.807, 2.05) is 76.3 Å². The standard InChI is InChI=1S/C32H35N7O2/c40-31(38-19-14-27(15-20-38)37-17-4-5-18-37)29-23-35-39(30(29)25-8-2-1-3-9-25)28-12-10-26(11-13-28)36-32(41)34-22-24-7-6-16-33-21-24/h1-3,6-13,16,21,23,27H,4-5,14-15,17-20,22H2,(H2,34,36,41). The fourth-order valence-corrected chi connectivity index (χ4v) is 5.83. The molecule has 0 radical (unpaired) electrons. The summed E-state index contributed by atoms with van der Waals surface area (Å²) in [6, 6.07) is 21.4. The van der Waals surface area contributed by atoms with Gasteiger partial charge in [-0.15, -0.1) is 0 Å². The molecule has 6 rings (SSSR count). The Morgan fingerprint density at radius 1 is 0.854 bits per heavy atom. The second-order valence-electron chi connectivity index (χ2n) is 10.7. The minimum atomic E-state index is -0.299. The van der Waals surface area contributed by atoms with Crippen LogP contribution in [0.4, 0.5) is 10.5 Å². The number of aromatic nitrogens is 3. The average molecular weight is 550 g/mol. The van der Waals surface area contributed by atoms with Crippen LogP contribution < -0.4 is 10.6 Å². The zero-order chi connectivity index (χ0) is 28.0. The van der Waals surface area contributed by atoms with Crippen molar-refractivity contribution < 1.29 is 9.59 Å². The monoisotopic (exact) mass is 549 g/mol. The Morgan fingerprint density at radius 2 is 1.61 bits per heavy atom. The van der Waals surface area contributed by atoms with Gasteiger partial charge in [0.1, 0.15) is 0 Å². The molecule has 0 unspecified atom stereocenters. The first-order chi connectivity index (χ1) is 20.2. The molecule has 0 saturated carbocycles. The van der Waals surface area contributed by atoms with E-state index in [9.17, 15) is 9.59 Å². The number of piperidine rings is 1. The van der Waals surface area contributed by atoms with Gasteiger partial charge in [0.05, 0.1) is 23.1 Å². The lowest BCUT2D eigenvalue weighted by Crippen LogP contribution is -2.45. The van der Waals surface area contributed by atoms with Gasteiger partial charge >= 0.3 is 6.03 Å². The van der Waals surface area contributed by atoms with E-state index < -0.39 is 0 Å². The second kappa shape index (κ2) is 12.3. The molecule has 2 fully saturated rings. The van der Waals surface area contributed by atoms with Gasteiger partial charge in [0, 0.05) is 49.3 Å². The molecule has 4 aromatic rings. The van der Waals surface area contributed by atoms with Crippen LogP contribution in [0.1, 0.15) is 41.6 Å². The molecule has 2 aromatic carbocycles. The van der Waals surface area contributed by atoms with Crippen molar-refractivity contribution in [2.75, 3.05) is 31.5 Å². The van der Waals surface area contributed by atoms with E-state index in [1.54, 1.807) is 18.6 Å². The van der Waals surface area contributed by atoms with Crippen molar-refractivity contribution in [3.8, 4) is 16.9 Å². The van der Waals surface area contributed by atoms with Gasteiger partial charge in [0.15, 0.2) is 0 Å². The van der Waals surface area contributed by atoms with E-state index >= 15 is 0 Å². The number of carbonyl (C=O) groups is 2. The molecule has 2 aromatic heterocycles. The Morgan fingerprint density at radius 3 is 2.32 bits per heavy atom. The van der Waals surface area contributed by atoms with Crippen LogP contribution in [0.15, 0.2) is 85.3 Å².